The first-order valence-corrected chi connectivity index (χ1v) is 7.77. The topological polar surface area (TPSA) is 47.6 Å². The Morgan fingerprint density at radius 2 is 1.83 bits per heavy atom. The van der Waals surface area contributed by atoms with Gasteiger partial charge < -0.3 is 14.8 Å². The van der Waals surface area contributed by atoms with E-state index < -0.39 is 0 Å². The summed E-state index contributed by atoms with van der Waals surface area (Å²) >= 11 is 0. The van der Waals surface area contributed by atoms with Crippen LogP contribution in [0.2, 0.25) is 0 Å². The van der Waals surface area contributed by atoms with Gasteiger partial charge in [-0.3, -0.25) is 4.79 Å². The number of aryl methyl sites for hydroxylation is 1. The van der Waals surface area contributed by atoms with Crippen LogP contribution in [0.1, 0.15) is 18.9 Å². The lowest BCUT2D eigenvalue weighted by atomic mass is 10.1. The minimum atomic E-state index is -0.117. The van der Waals surface area contributed by atoms with E-state index in [2.05, 4.69) is 17.4 Å². The van der Waals surface area contributed by atoms with Crippen molar-refractivity contribution in [3.8, 4) is 11.5 Å². The van der Waals surface area contributed by atoms with Crippen LogP contribution in [0.15, 0.2) is 54.6 Å². The Hall–Kier alpha value is -2.49. The van der Waals surface area contributed by atoms with Gasteiger partial charge in [-0.2, -0.15) is 0 Å². The number of ether oxygens (including phenoxy) is 2. The van der Waals surface area contributed by atoms with Gasteiger partial charge in [0.05, 0.1) is 7.11 Å². The molecule has 2 aromatic rings. The van der Waals surface area contributed by atoms with E-state index in [0.717, 1.165) is 12.8 Å². The summed E-state index contributed by atoms with van der Waals surface area (Å²) in [5, 5.41) is 2.95. The van der Waals surface area contributed by atoms with Gasteiger partial charge in [0.2, 0.25) is 0 Å². The van der Waals surface area contributed by atoms with Crippen LogP contribution in [0.3, 0.4) is 0 Å². The third-order valence-corrected chi connectivity index (χ3v) is 3.53. The Bertz CT molecular complexity index is 613. The molecule has 4 heteroatoms. The van der Waals surface area contributed by atoms with Crippen molar-refractivity contribution in [3.05, 3.63) is 60.2 Å². The fourth-order valence-corrected chi connectivity index (χ4v) is 2.26. The Morgan fingerprint density at radius 3 is 2.57 bits per heavy atom. The van der Waals surface area contributed by atoms with Crippen molar-refractivity contribution >= 4 is 5.91 Å². The zero-order chi connectivity index (χ0) is 16.5. The minimum absolute atomic E-state index is 0.00282. The van der Waals surface area contributed by atoms with Crippen LogP contribution in [0.25, 0.3) is 0 Å². The van der Waals surface area contributed by atoms with Crippen molar-refractivity contribution in [2.75, 3.05) is 13.7 Å². The van der Waals surface area contributed by atoms with Crippen LogP contribution in [-0.2, 0) is 11.2 Å². The number of rotatable bonds is 8. The van der Waals surface area contributed by atoms with Crippen LogP contribution in [-0.4, -0.2) is 25.7 Å². The molecule has 0 aromatic heterocycles. The normalized spacial score (nSPS) is 11.6. The van der Waals surface area contributed by atoms with E-state index in [0.29, 0.717) is 11.5 Å². The standard InChI is InChI=1S/C19H23NO3/c1-15(11-12-16-7-4-3-5-8-16)20-19(21)14-23-18-10-6-9-17(13-18)22-2/h3-10,13,15H,11-12,14H2,1-2H3,(H,20,21)/t15-/m0/s1. The minimum Gasteiger partial charge on any atom is -0.497 e. The van der Waals surface area contributed by atoms with Crippen molar-refractivity contribution in [1.82, 2.24) is 5.32 Å². The Morgan fingerprint density at radius 1 is 1.09 bits per heavy atom. The molecule has 0 aliphatic rings. The average Bonchev–Trinajstić information content (AvgIpc) is 2.59. The summed E-state index contributed by atoms with van der Waals surface area (Å²) in [6, 6.07) is 17.6. The lowest BCUT2D eigenvalue weighted by molar-refractivity contribution is -0.123. The number of nitrogens with one attached hydrogen (secondary N) is 1. The second-order valence-electron chi connectivity index (χ2n) is 5.46. The highest BCUT2D eigenvalue weighted by atomic mass is 16.5. The monoisotopic (exact) mass is 313 g/mol. The summed E-state index contributed by atoms with van der Waals surface area (Å²) in [6.07, 6.45) is 1.84. The van der Waals surface area contributed by atoms with Gasteiger partial charge in [0, 0.05) is 12.1 Å². The number of hydrogen-bond acceptors (Lipinski definition) is 3. The van der Waals surface area contributed by atoms with E-state index >= 15 is 0 Å². The van der Waals surface area contributed by atoms with Gasteiger partial charge in [0.1, 0.15) is 11.5 Å². The summed E-state index contributed by atoms with van der Waals surface area (Å²) in [4.78, 5) is 11.9. The van der Waals surface area contributed by atoms with Gasteiger partial charge in [-0.25, -0.2) is 0 Å². The van der Waals surface area contributed by atoms with Gasteiger partial charge >= 0.3 is 0 Å². The molecule has 0 aliphatic carbocycles. The van der Waals surface area contributed by atoms with Crippen molar-refractivity contribution < 1.29 is 14.3 Å². The zero-order valence-electron chi connectivity index (χ0n) is 13.6. The molecule has 0 heterocycles. The first-order valence-electron chi connectivity index (χ1n) is 7.77. The molecule has 0 unspecified atom stereocenters. The van der Waals surface area contributed by atoms with Gasteiger partial charge in [0.25, 0.3) is 5.91 Å². The molecule has 0 fully saturated rings. The van der Waals surface area contributed by atoms with E-state index in [1.165, 1.54) is 5.56 Å². The maximum absolute atomic E-state index is 11.9. The van der Waals surface area contributed by atoms with Crippen LogP contribution < -0.4 is 14.8 Å². The van der Waals surface area contributed by atoms with Crippen molar-refractivity contribution in [1.29, 1.82) is 0 Å². The van der Waals surface area contributed by atoms with Gasteiger partial charge in [-0.1, -0.05) is 36.4 Å². The van der Waals surface area contributed by atoms with Gasteiger partial charge in [0.15, 0.2) is 6.61 Å². The summed E-state index contributed by atoms with van der Waals surface area (Å²) in [6.45, 7) is 2.01. The highest BCUT2D eigenvalue weighted by molar-refractivity contribution is 5.77. The molecule has 0 bridgehead atoms. The zero-order valence-corrected chi connectivity index (χ0v) is 13.6. The molecule has 1 amide bonds. The van der Waals surface area contributed by atoms with E-state index in [1.807, 2.05) is 37.3 Å². The highest BCUT2D eigenvalue weighted by Crippen LogP contribution is 2.18. The molecule has 2 aromatic carbocycles. The third kappa shape index (κ3) is 6.02. The molecule has 1 atom stereocenters. The van der Waals surface area contributed by atoms with Crippen LogP contribution in [0.5, 0.6) is 11.5 Å². The molecule has 1 N–H and O–H groups in total. The van der Waals surface area contributed by atoms with Crippen molar-refractivity contribution in [2.45, 2.75) is 25.8 Å². The maximum Gasteiger partial charge on any atom is 0.258 e. The molecule has 0 radical (unpaired) electrons. The Labute approximate surface area is 137 Å². The van der Waals surface area contributed by atoms with Crippen LogP contribution in [0.4, 0.5) is 0 Å². The molecular weight excluding hydrogens is 290 g/mol. The quantitative estimate of drug-likeness (QED) is 0.814. The van der Waals surface area contributed by atoms with E-state index in [-0.39, 0.29) is 18.6 Å². The van der Waals surface area contributed by atoms with E-state index in [9.17, 15) is 4.79 Å². The average molecular weight is 313 g/mol. The second kappa shape index (κ2) is 8.83. The molecule has 4 nitrogen and oxygen atoms in total. The number of amides is 1. The maximum atomic E-state index is 11.9. The van der Waals surface area contributed by atoms with E-state index in [1.54, 1.807) is 19.2 Å². The number of carbonyl (C=O) groups excluding carboxylic acids is 1. The van der Waals surface area contributed by atoms with Gasteiger partial charge in [-0.05, 0) is 37.5 Å². The fourth-order valence-electron chi connectivity index (χ4n) is 2.26. The molecule has 0 aliphatic heterocycles. The molecule has 0 saturated carbocycles. The SMILES string of the molecule is COc1cccc(OCC(=O)N[C@@H](C)CCc2ccccc2)c1. The van der Waals surface area contributed by atoms with Crippen LogP contribution in [0, 0.1) is 0 Å². The van der Waals surface area contributed by atoms with E-state index in [4.69, 9.17) is 9.47 Å². The molecule has 0 saturated heterocycles. The largest absolute Gasteiger partial charge is 0.497 e. The first kappa shape index (κ1) is 16.9. The van der Waals surface area contributed by atoms with Crippen LogP contribution >= 0.6 is 0 Å². The summed E-state index contributed by atoms with van der Waals surface area (Å²) in [7, 11) is 1.60. The first-order chi connectivity index (χ1) is 11.2. The Kier molecular flexibility index (Phi) is 6.48. The molecule has 2 rings (SSSR count). The third-order valence-electron chi connectivity index (χ3n) is 3.53. The number of benzene rings is 2. The smallest absolute Gasteiger partial charge is 0.258 e. The summed E-state index contributed by atoms with van der Waals surface area (Å²) < 4.78 is 10.6. The highest BCUT2D eigenvalue weighted by Gasteiger charge is 2.08. The molecule has 23 heavy (non-hydrogen) atoms. The summed E-state index contributed by atoms with van der Waals surface area (Å²) in [5.41, 5.74) is 1.28. The molecule has 0 spiro atoms. The summed E-state index contributed by atoms with van der Waals surface area (Å²) in [5.74, 6) is 1.21. The number of hydrogen-bond donors (Lipinski definition) is 1. The second-order valence-corrected chi connectivity index (χ2v) is 5.46. The predicted molar refractivity (Wildman–Crippen MR) is 90.9 cm³/mol. The number of carbonyl (C=O) groups is 1. The Balaban J connectivity index is 1.71. The van der Waals surface area contributed by atoms with Crippen molar-refractivity contribution in [2.24, 2.45) is 0 Å². The number of methoxy groups -OCH3 is 1. The predicted octanol–water partition coefficient (Wildman–Crippen LogP) is 3.21. The molecule has 122 valence electrons. The fraction of sp³-hybridized carbons (Fsp3) is 0.316. The molecular formula is C19H23NO3. The lowest BCUT2D eigenvalue weighted by Gasteiger charge is -2.14. The lowest BCUT2D eigenvalue weighted by Crippen LogP contribution is -2.36. The van der Waals surface area contributed by atoms with Gasteiger partial charge in [-0.15, -0.1) is 0 Å². The van der Waals surface area contributed by atoms with Crippen molar-refractivity contribution in [3.63, 3.8) is 0 Å².